The molecule has 0 amide bonds. The Morgan fingerprint density at radius 1 is 1.31 bits per heavy atom. The van der Waals surface area contributed by atoms with Gasteiger partial charge in [0.2, 0.25) is 0 Å². The fourth-order valence-corrected chi connectivity index (χ4v) is 1.28. The summed E-state index contributed by atoms with van der Waals surface area (Å²) in [6, 6.07) is 7.12. The Morgan fingerprint density at radius 3 is 2.23 bits per heavy atom. The number of nitrogens with zero attached hydrogens (tertiary/aromatic N) is 1. The van der Waals surface area contributed by atoms with Crippen LogP contribution in [0.25, 0.3) is 0 Å². The summed E-state index contributed by atoms with van der Waals surface area (Å²) in [4.78, 5) is 12.6. The highest BCUT2D eigenvalue weighted by molar-refractivity contribution is 6.30. The van der Waals surface area contributed by atoms with Crippen molar-refractivity contribution in [2.75, 3.05) is 14.1 Å². The SMILES string of the molecule is CN(C)C(C=O)c1ccc(Cl)cc1. The van der Waals surface area contributed by atoms with Crippen molar-refractivity contribution in [1.82, 2.24) is 4.90 Å². The van der Waals surface area contributed by atoms with Gasteiger partial charge in [-0.05, 0) is 31.8 Å². The first-order valence-corrected chi connectivity index (χ1v) is 4.40. The molecular formula is C10H12ClNO. The number of aldehydes is 1. The molecule has 1 rings (SSSR count). The summed E-state index contributed by atoms with van der Waals surface area (Å²) in [6.45, 7) is 0. The van der Waals surface area contributed by atoms with Crippen molar-refractivity contribution in [2.24, 2.45) is 0 Å². The summed E-state index contributed by atoms with van der Waals surface area (Å²) in [5.41, 5.74) is 0.962. The van der Waals surface area contributed by atoms with Gasteiger partial charge in [-0.15, -0.1) is 0 Å². The van der Waals surface area contributed by atoms with E-state index >= 15 is 0 Å². The van der Waals surface area contributed by atoms with E-state index < -0.39 is 0 Å². The molecule has 13 heavy (non-hydrogen) atoms. The molecule has 70 valence electrons. The minimum absolute atomic E-state index is 0.183. The van der Waals surface area contributed by atoms with Crippen molar-refractivity contribution >= 4 is 17.9 Å². The Hall–Kier alpha value is -0.860. The second-order valence-corrected chi connectivity index (χ2v) is 3.53. The molecule has 0 saturated heterocycles. The predicted molar refractivity (Wildman–Crippen MR) is 53.9 cm³/mol. The van der Waals surface area contributed by atoms with Crippen LogP contribution in [-0.4, -0.2) is 25.3 Å². The molecule has 3 heteroatoms. The van der Waals surface area contributed by atoms with Gasteiger partial charge in [0.15, 0.2) is 0 Å². The van der Waals surface area contributed by atoms with Crippen LogP contribution < -0.4 is 0 Å². The third-order valence-electron chi connectivity index (χ3n) is 1.90. The zero-order chi connectivity index (χ0) is 9.84. The molecule has 0 bridgehead atoms. The normalized spacial score (nSPS) is 12.9. The minimum Gasteiger partial charge on any atom is -0.301 e. The quantitative estimate of drug-likeness (QED) is 0.692. The predicted octanol–water partition coefficient (Wildman–Crippen LogP) is 2.14. The van der Waals surface area contributed by atoms with Crippen LogP contribution in [0.3, 0.4) is 0 Å². The Balaban J connectivity index is 2.92. The summed E-state index contributed by atoms with van der Waals surface area (Å²) in [5, 5.41) is 0.687. The van der Waals surface area contributed by atoms with E-state index in [1.807, 2.05) is 31.1 Å². The molecule has 0 saturated carbocycles. The average Bonchev–Trinajstić information content (AvgIpc) is 2.09. The molecule has 1 atom stereocenters. The molecule has 0 fully saturated rings. The van der Waals surface area contributed by atoms with E-state index in [9.17, 15) is 4.79 Å². The van der Waals surface area contributed by atoms with Gasteiger partial charge in [0, 0.05) is 5.02 Å². The van der Waals surface area contributed by atoms with E-state index in [4.69, 9.17) is 11.6 Å². The molecule has 0 radical (unpaired) electrons. The number of hydrogen-bond acceptors (Lipinski definition) is 2. The molecule has 1 aromatic rings. The highest BCUT2D eigenvalue weighted by atomic mass is 35.5. The standard InChI is InChI=1S/C10H12ClNO/c1-12(2)10(7-13)8-3-5-9(11)6-4-8/h3-7,10H,1-2H3. The Morgan fingerprint density at radius 2 is 1.85 bits per heavy atom. The van der Waals surface area contributed by atoms with Gasteiger partial charge < -0.3 is 4.79 Å². The molecule has 0 aliphatic rings. The van der Waals surface area contributed by atoms with Gasteiger partial charge in [-0.25, -0.2) is 0 Å². The highest BCUT2D eigenvalue weighted by Crippen LogP contribution is 2.18. The maximum absolute atomic E-state index is 10.8. The lowest BCUT2D eigenvalue weighted by Gasteiger charge is -2.18. The smallest absolute Gasteiger partial charge is 0.141 e. The van der Waals surface area contributed by atoms with Crippen molar-refractivity contribution in [1.29, 1.82) is 0 Å². The Labute approximate surface area is 83.1 Å². The van der Waals surface area contributed by atoms with Crippen molar-refractivity contribution < 1.29 is 4.79 Å². The third-order valence-corrected chi connectivity index (χ3v) is 2.15. The largest absolute Gasteiger partial charge is 0.301 e. The molecule has 1 unspecified atom stereocenters. The highest BCUT2D eigenvalue weighted by Gasteiger charge is 2.11. The van der Waals surface area contributed by atoms with E-state index in [1.54, 1.807) is 12.1 Å². The Bertz CT molecular complexity index is 281. The van der Waals surface area contributed by atoms with Gasteiger partial charge in [0.1, 0.15) is 6.29 Å². The van der Waals surface area contributed by atoms with Crippen LogP contribution in [0.2, 0.25) is 5.02 Å². The summed E-state index contributed by atoms with van der Waals surface area (Å²) >= 11 is 5.74. The first kappa shape index (κ1) is 10.2. The van der Waals surface area contributed by atoms with E-state index in [0.717, 1.165) is 11.8 Å². The van der Waals surface area contributed by atoms with Crippen LogP contribution in [0.1, 0.15) is 11.6 Å². The van der Waals surface area contributed by atoms with E-state index in [2.05, 4.69) is 0 Å². The van der Waals surface area contributed by atoms with Gasteiger partial charge in [-0.1, -0.05) is 23.7 Å². The summed E-state index contributed by atoms with van der Waals surface area (Å²) in [6.07, 6.45) is 0.920. The van der Waals surface area contributed by atoms with Crippen LogP contribution in [0.5, 0.6) is 0 Å². The van der Waals surface area contributed by atoms with Crippen LogP contribution in [0.4, 0.5) is 0 Å². The zero-order valence-electron chi connectivity index (χ0n) is 7.70. The molecule has 2 nitrogen and oxygen atoms in total. The van der Waals surface area contributed by atoms with Gasteiger partial charge in [0.25, 0.3) is 0 Å². The number of likely N-dealkylation sites (N-methyl/N-ethyl adjacent to an activating group) is 1. The van der Waals surface area contributed by atoms with Crippen molar-refractivity contribution in [3.8, 4) is 0 Å². The molecule has 0 aromatic heterocycles. The van der Waals surface area contributed by atoms with Gasteiger partial charge in [0.05, 0.1) is 6.04 Å². The summed E-state index contributed by atoms with van der Waals surface area (Å²) < 4.78 is 0. The van der Waals surface area contributed by atoms with E-state index in [1.165, 1.54) is 0 Å². The van der Waals surface area contributed by atoms with Crippen molar-refractivity contribution in [3.63, 3.8) is 0 Å². The van der Waals surface area contributed by atoms with Gasteiger partial charge >= 0.3 is 0 Å². The average molecular weight is 198 g/mol. The lowest BCUT2D eigenvalue weighted by atomic mass is 10.1. The molecule has 0 spiro atoms. The third kappa shape index (κ3) is 2.54. The first-order chi connectivity index (χ1) is 6.15. The topological polar surface area (TPSA) is 20.3 Å². The number of rotatable bonds is 3. The summed E-state index contributed by atoms with van der Waals surface area (Å²) in [5.74, 6) is 0. The lowest BCUT2D eigenvalue weighted by Crippen LogP contribution is -2.20. The maximum atomic E-state index is 10.8. The van der Waals surface area contributed by atoms with Gasteiger partial charge in [-0.3, -0.25) is 4.90 Å². The maximum Gasteiger partial charge on any atom is 0.141 e. The molecular weight excluding hydrogens is 186 g/mol. The van der Waals surface area contributed by atoms with E-state index in [0.29, 0.717) is 5.02 Å². The number of carbonyl (C=O) groups is 1. The van der Waals surface area contributed by atoms with Crippen LogP contribution in [0.15, 0.2) is 24.3 Å². The number of halogens is 1. The van der Waals surface area contributed by atoms with Crippen molar-refractivity contribution in [2.45, 2.75) is 6.04 Å². The minimum atomic E-state index is -0.183. The fraction of sp³-hybridized carbons (Fsp3) is 0.300. The van der Waals surface area contributed by atoms with Crippen LogP contribution in [0, 0.1) is 0 Å². The number of carbonyl (C=O) groups excluding carboxylic acids is 1. The molecule has 0 heterocycles. The van der Waals surface area contributed by atoms with Crippen LogP contribution in [-0.2, 0) is 4.79 Å². The molecule has 0 aliphatic heterocycles. The molecule has 0 aliphatic carbocycles. The summed E-state index contributed by atoms with van der Waals surface area (Å²) in [7, 11) is 3.74. The van der Waals surface area contributed by atoms with Crippen LogP contribution >= 0.6 is 11.6 Å². The fourth-order valence-electron chi connectivity index (χ4n) is 1.16. The van der Waals surface area contributed by atoms with Crippen molar-refractivity contribution in [3.05, 3.63) is 34.9 Å². The van der Waals surface area contributed by atoms with Gasteiger partial charge in [-0.2, -0.15) is 0 Å². The second-order valence-electron chi connectivity index (χ2n) is 3.10. The number of benzene rings is 1. The van der Waals surface area contributed by atoms with E-state index in [-0.39, 0.29) is 6.04 Å². The zero-order valence-corrected chi connectivity index (χ0v) is 8.45. The molecule has 0 N–H and O–H groups in total. The molecule has 1 aromatic carbocycles. The monoisotopic (exact) mass is 197 g/mol. The number of hydrogen-bond donors (Lipinski definition) is 0. The second kappa shape index (κ2) is 4.40. The first-order valence-electron chi connectivity index (χ1n) is 4.02. The lowest BCUT2D eigenvalue weighted by molar-refractivity contribution is -0.111. The Kier molecular flexibility index (Phi) is 3.46.